The van der Waals surface area contributed by atoms with Gasteiger partial charge < -0.3 is 14.6 Å². The van der Waals surface area contributed by atoms with Gasteiger partial charge in [0.15, 0.2) is 5.52 Å². The van der Waals surface area contributed by atoms with E-state index in [1.165, 1.54) is 0 Å². The molecule has 1 N–H and O–H groups in total. The van der Waals surface area contributed by atoms with Crippen LogP contribution in [0.3, 0.4) is 0 Å². The van der Waals surface area contributed by atoms with Crippen LogP contribution in [0, 0.1) is 6.92 Å². The number of aromatic nitrogens is 3. The average molecular weight is 425 g/mol. The van der Waals surface area contributed by atoms with E-state index >= 15 is 0 Å². The number of hydrogen-bond acceptors (Lipinski definition) is 6. The van der Waals surface area contributed by atoms with E-state index in [9.17, 15) is 9.59 Å². The molecule has 0 saturated carbocycles. The molecule has 30 heavy (non-hydrogen) atoms. The van der Waals surface area contributed by atoms with Crippen LogP contribution >= 0.6 is 11.6 Å². The van der Waals surface area contributed by atoms with Gasteiger partial charge in [-0.3, -0.25) is 9.59 Å². The standard InChI is InChI=1S/C21H17ClN4O4/c1-12-18-19(13-6-8-16(29-2)9-7-13)24-26(21(28)20(18)25-30-12)11-17(27)23-15-5-3-4-14(22)10-15/h3-10H,11H2,1-2H3,(H,23,27). The molecule has 0 fully saturated rings. The first kappa shape index (κ1) is 19.7. The topological polar surface area (TPSA) is 99.2 Å². The molecule has 2 aromatic carbocycles. The molecule has 0 spiro atoms. The molecule has 2 aromatic heterocycles. The number of carbonyl (C=O) groups excluding carboxylic acids is 1. The second-order valence-electron chi connectivity index (χ2n) is 6.56. The molecule has 0 bridgehead atoms. The minimum atomic E-state index is -0.514. The Bertz CT molecular complexity index is 1290. The summed E-state index contributed by atoms with van der Waals surface area (Å²) in [5.41, 5.74) is 1.34. The smallest absolute Gasteiger partial charge is 0.297 e. The highest BCUT2D eigenvalue weighted by Gasteiger charge is 2.20. The third-order valence-corrected chi connectivity index (χ3v) is 4.76. The summed E-state index contributed by atoms with van der Waals surface area (Å²) in [5.74, 6) is 0.731. The molecule has 4 rings (SSSR count). The minimum Gasteiger partial charge on any atom is -0.497 e. The zero-order valence-corrected chi connectivity index (χ0v) is 16.9. The molecule has 152 valence electrons. The van der Waals surface area contributed by atoms with Gasteiger partial charge in [-0.15, -0.1) is 0 Å². The molecule has 8 nitrogen and oxygen atoms in total. The van der Waals surface area contributed by atoms with Crippen molar-refractivity contribution in [1.29, 1.82) is 0 Å². The number of nitrogens with one attached hydrogen (secondary N) is 1. The SMILES string of the molecule is COc1ccc(-c2nn(CC(=O)Nc3cccc(Cl)c3)c(=O)c3noc(C)c23)cc1. The summed E-state index contributed by atoms with van der Waals surface area (Å²) in [5, 5.41) is 12.0. The number of carbonyl (C=O) groups is 1. The van der Waals surface area contributed by atoms with Crippen molar-refractivity contribution in [3.05, 3.63) is 69.7 Å². The summed E-state index contributed by atoms with van der Waals surface area (Å²) in [4.78, 5) is 25.3. The Hall–Kier alpha value is -3.65. The maximum absolute atomic E-state index is 12.8. The Kier molecular flexibility index (Phi) is 5.24. The van der Waals surface area contributed by atoms with Crippen LogP contribution in [0.1, 0.15) is 5.76 Å². The predicted molar refractivity (Wildman–Crippen MR) is 113 cm³/mol. The average Bonchev–Trinajstić information content (AvgIpc) is 3.12. The highest BCUT2D eigenvalue weighted by Crippen LogP contribution is 2.28. The summed E-state index contributed by atoms with van der Waals surface area (Å²) >= 11 is 5.95. The van der Waals surface area contributed by atoms with Crippen molar-refractivity contribution in [2.75, 3.05) is 12.4 Å². The molecule has 4 aromatic rings. The second kappa shape index (κ2) is 8.00. The summed E-state index contributed by atoms with van der Waals surface area (Å²) in [7, 11) is 1.58. The fourth-order valence-corrected chi connectivity index (χ4v) is 3.29. The van der Waals surface area contributed by atoms with Crippen molar-refractivity contribution in [1.82, 2.24) is 14.9 Å². The van der Waals surface area contributed by atoms with Crippen molar-refractivity contribution in [2.45, 2.75) is 13.5 Å². The molecule has 0 aliphatic carbocycles. The van der Waals surface area contributed by atoms with E-state index in [-0.39, 0.29) is 12.1 Å². The zero-order valence-electron chi connectivity index (χ0n) is 16.2. The quantitative estimate of drug-likeness (QED) is 0.525. The first-order valence-electron chi connectivity index (χ1n) is 9.03. The van der Waals surface area contributed by atoms with Crippen molar-refractivity contribution < 1.29 is 14.1 Å². The van der Waals surface area contributed by atoms with Crippen LogP contribution in [0.15, 0.2) is 57.8 Å². The first-order chi connectivity index (χ1) is 14.5. The number of benzene rings is 2. The van der Waals surface area contributed by atoms with Gasteiger partial charge in [-0.2, -0.15) is 5.10 Å². The van der Waals surface area contributed by atoms with E-state index in [1.807, 2.05) is 12.1 Å². The van der Waals surface area contributed by atoms with Crippen molar-refractivity contribution in [2.24, 2.45) is 0 Å². The minimum absolute atomic E-state index is 0.115. The van der Waals surface area contributed by atoms with Gasteiger partial charge in [0.1, 0.15) is 23.7 Å². The van der Waals surface area contributed by atoms with Crippen LogP contribution < -0.4 is 15.6 Å². The van der Waals surface area contributed by atoms with Gasteiger partial charge in [0.2, 0.25) is 5.91 Å². The van der Waals surface area contributed by atoms with Gasteiger partial charge >= 0.3 is 0 Å². The molecule has 0 atom stereocenters. The van der Waals surface area contributed by atoms with E-state index in [0.717, 1.165) is 10.2 Å². The van der Waals surface area contributed by atoms with Crippen molar-refractivity contribution >= 4 is 34.1 Å². The number of anilines is 1. The summed E-state index contributed by atoms with van der Waals surface area (Å²) in [6, 6.07) is 13.9. The highest BCUT2D eigenvalue weighted by molar-refractivity contribution is 6.30. The van der Waals surface area contributed by atoms with E-state index in [4.69, 9.17) is 20.9 Å². The zero-order chi connectivity index (χ0) is 21.3. The lowest BCUT2D eigenvalue weighted by Crippen LogP contribution is -2.30. The molecular weight excluding hydrogens is 408 g/mol. The van der Waals surface area contributed by atoms with Crippen LogP contribution in [0.2, 0.25) is 5.02 Å². The van der Waals surface area contributed by atoms with Gasteiger partial charge in [0, 0.05) is 16.3 Å². The van der Waals surface area contributed by atoms with Crippen LogP contribution in [-0.2, 0) is 11.3 Å². The Morgan fingerprint density at radius 1 is 1.23 bits per heavy atom. The van der Waals surface area contributed by atoms with Crippen LogP contribution in [0.5, 0.6) is 5.75 Å². The van der Waals surface area contributed by atoms with Crippen molar-refractivity contribution in [3.8, 4) is 17.0 Å². The maximum Gasteiger partial charge on any atom is 0.297 e. The number of fused-ring (bicyclic) bond motifs is 1. The van der Waals surface area contributed by atoms with E-state index < -0.39 is 11.5 Å². The fraction of sp³-hybridized carbons (Fsp3) is 0.143. The van der Waals surface area contributed by atoms with Crippen molar-refractivity contribution in [3.63, 3.8) is 0 Å². The lowest BCUT2D eigenvalue weighted by Gasteiger charge is -2.10. The van der Waals surface area contributed by atoms with Gasteiger partial charge in [0.05, 0.1) is 12.5 Å². The normalized spacial score (nSPS) is 10.9. The number of halogens is 1. The molecule has 0 aliphatic rings. The molecule has 0 saturated heterocycles. The lowest BCUT2D eigenvalue weighted by molar-refractivity contribution is -0.117. The molecule has 2 heterocycles. The Labute approximate surface area is 176 Å². The van der Waals surface area contributed by atoms with Gasteiger partial charge in [-0.25, -0.2) is 4.68 Å². The number of methoxy groups -OCH3 is 1. The molecule has 0 unspecified atom stereocenters. The van der Waals surface area contributed by atoms with Crippen LogP contribution in [-0.4, -0.2) is 28.0 Å². The summed E-state index contributed by atoms with van der Waals surface area (Å²) in [6.07, 6.45) is 0. The molecule has 0 aliphatic heterocycles. The number of aryl methyl sites for hydroxylation is 1. The summed E-state index contributed by atoms with van der Waals surface area (Å²) in [6.45, 7) is 1.41. The van der Waals surface area contributed by atoms with Crippen LogP contribution in [0.4, 0.5) is 5.69 Å². The molecule has 1 amide bonds. The number of hydrogen-bond donors (Lipinski definition) is 1. The first-order valence-corrected chi connectivity index (χ1v) is 9.41. The predicted octanol–water partition coefficient (Wildman–Crippen LogP) is 3.66. The lowest BCUT2D eigenvalue weighted by atomic mass is 10.1. The van der Waals surface area contributed by atoms with E-state index in [2.05, 4.69) is 15.6 Å². The fourth-order valence-electron chi connectivity index (χ4n) is 3.10. The Morgan fingerprint density at radius 2 is 2.00 bits per heavy atom. The van der Waals surface area contributed by atoms with Gasteiger partial charge in [0.25, 0.3) is 5.56 Å². The van der Waals surface area contributed by atoms with E-state index in [1.54, 1.807) is 50.4 Å². The van der Waals surface area contributed by atoms with E-state index in [0.29, 0.717) is 33.3 Å². The number of amides is 1. The van der Waals surface area contributed by atoms with Crippen LogP contribution in [0.25, 0.3) is 22.2 Å². The van der Waals surface area contributed by atoms with Gasteiger partial charge in [-0.1, -0.05) is 22.8 Å². The number of rotatable bonds is 5. The van der Waals surface area contributed by atoms with Gasteiger partial charge in [-0.05, 0) is 49.4 Å². The molecule has 0 radical (unpaired) electrons. The molecular formula is C21H17ClN4O4. The third kappa shape index (κ3) is 3.77. The number of ether oxygens (including phenoxy) is 1. The third-order valence-electron chi connectivity index (χ3n) is 4.52. The number of nitrogens with zero attached hydrogens (tertiary/aromatic N) is 3. The highest BCUT2D eigenvalue weighted by atomic mass is 35.5. The maximum atomic E-state index is 12.8. The molecule has 9 heteroatoms. The Morgan fingerprint density at radius 3 is 2.70 bits per heavy atom. The second-order valence-corrected chi connectivity index (χ2v) is 7.00. The monoisotopic (exact) mass is 424 g/mol. The summed E-state index contributed by atoms with van der Waals surface area (Å²) < 4.78 is 11.5. The largest absolute Gasteiger partial charge is 0.497 e. The Balaban J connectivity index is 1.74.